The molecule has 4 amide bonds. The lowest BCUT2D eigenvalue weighted by atomic mass is 9.86. The Hall–Kier alpha value is -3.39. The first-order chi connectivity index (χ1) is 24.4. The highest BCUT2D eigenvalue weighted by Crippen LogP contribution is 2.51. The van der Waals surface area contributed by atoms with Crippen molar-refractivity contribution in [1.82, 2.24) is 20.4 Å². The fourth-order valence-electron chi connectivity index (χ4n) is 8.04. The van der Waals surface area contributed by atoms with E-state index >= 15 is 0 Å². The molecule has 1 aromatic carbocycles. The van der Waals surface area contributed by atoms with E-state index in [1.807, 2.05) is 63.1 Å². The number of likely N-dealkylation sites (tertiary alicyclic amines) is 1. The number of methoxy groups -OCH3 is 2. The van der Waals surface area contributed by atoms with Crippen LogP contribution in [0.2, 0.25) is 0 Å². The number of nitrogens with one attached hydrogen (secondary N) is 2. The van der Waals surface area contributed by atoms with Gasteiger partial charge in [-0.15, -0.1) is 0 Å². The number of aliphatic carboxylic acids is 1. The van der Waals surface area contributed by atoms with Crippen LogP contribution in [0, 0.1) is 17.8 Å². The van der Waals surface area contributed by atoms with Gasteiger partial charge < -0.3 is 30.5 Å². The number of nitrogens with two attached hydrogens (primary N) is 1. The van der Waals surface area contributed by atoms with Gasteiger partial charge in [-0.2, -0.15) is 0 Å². The van der Waals surface area contributed by atoms with Crippen LogP contribution in [-0.4, -0.2) is 114 Å². The summed E-state index contributed by atoms with van der Waals surface area (Å²) < 4.78 is 11.9. The number of hydrogen-bond acceptors (Lipinski definition) is 9. The number of amides is 4. The summed E-state index contributed by atoms with van der Waals surface area (Å²) >= 11 is 0. The number of carboxylic acid groups (broad SMARTS) is 1. The Morgan fingerprint density at radius 2 is 1.65 bits per heavy atom. The van der Waals surface area contributed by atoms with Crippen molar-refractivity contribution in [2.24, 2.45) is 23.5 Å². The Kier molecular flexibility index (Phi) is 15.0. The quantitative estimate of drug-likeness (QED) is 0.165. The molecule has 1 aliphatic heterocycles. The fourth-order valence-corrected chi connectivity index (χ4v) is 8.04. The second kappa shape index (κ2) is 18.1. The molecule has 0 aromatic heterocycles. The van der Waals surface area contributed by atoms with Crippen LogP contribution in [0.25, 0.3) is 0 Å². The first kappa shape index (κ1) is 43.0. The average molecular weight is 730 g/mol. The summed E-state index contributed by atoms with van der Waals surface area (Å²) in [5.74, 6) is -3.66. The first-order valence-corrected chi connectivity index (χ1v) is 18.7. The summed E-state index contributed by atoms with van der Waals surface area (Å²) in [6.07, 6.45) is 2.12. The van der Waals surface area contributed by atoms with Crippen LogP contribution >= 0.6 is 0 Å². The van der Waals surface area contributed by atoms with Crippen molar-refractivity contribution in [3.05, 3.63) is 35.9 Å². The third-order valence-electron chi connectivity index (χ3n) is 11.3. The summed E-state index contributed by atoms with van der Waals surface area (Å²) in [4.78, 5) is 70.3. The van der Waals surface area contributed by atoms with Gasteiger partial charge in [-0.25, -0.2) is 4.79 Å². The Labute approximate surface area is 309 Å². The predicted molar refractivity (Wildman–Crippen MR) is 198 cm³/mol. The summed E-state index contributed by atoms with van der Waals surface area (Å²) in [5.41, 5.74) is 4.93. The first-order valence-electron chi connectivity index (χ1n) is 18.7. The van der Waals surface area contributed by atoms with E-state index in [2.05, 4.69) is 17.6 Å². The van der Waals surface area contributed by atoms with E-state index in [-0.39, 0.29) is 30.2 Å². The van der Waals surface area contributed by atoms with Gasteiger partial charge >= 0.3 is 5.97 Å². The van der Waals surface area contributed by atoms with Gasteiger partial charge in [0.05, 0.1) is 42.2 Å². The largest absolute Gasteiger partial charge is 0.480 e. The van der Waals surface area contributed by atoms with E-state index < -0.39 is 70.9 Å². The van der Waals surface area contributed by atoms with Crippen LogP contribution in [0.1, 0.15) is 92.6 Å². The average Bonchev–Trinajstić information content (AvgIpc) is 3.75. The molecule has 52 heavy (non-hydrogen) atoms. The van der Waals surface area contributed by atoms with E-state index in [4.69, 9.17) is 15.2 Å². The third-order valence-corrected chi connectivity index (χ3v) is 11.3. The molecule has 0 bridgehead atoms. The highest BCUT2D eigenvalue weighted by Gasteiger charge is 2.55. The van der Waals surface area contributed by atoms with E-state index in [9.17, 15) is 29.1 Å². The zero-order valence-electron chi connectivity index (χ0n) is 32.8. The van der Waals surface area contributed by atoms with Gasteiger partial charge in [-0.3, -0.25) is 29.4 Å². The van der Waals surface area contributed by atoms with Crippen LogP contribution in [0.4, 0.5) is 0 Å². The molecule has 1 aliphatic carbocycles. The second-order valence-corrected chi connectivity index (χ2v) is 15.8. The normalized spacial score (nSPS) is 21.1. The number of hydrogen-bond donors (Lipinski definition) is 4. The maximum atomic E-state index is 14.2. The topological polar surface area (TPSA) is 181 Å². The van der Waals surface area contributed by atoms with Crippen LogP contribution in [-0.2, 0) is 38.9 Å². The molecule has 1 aromatic rings. The van der Waals surface area contributed by atoms with Crippen molar-refractivity contribution in [2.45, 2.75) is 134 Å². The number of ether oxygens (including phenoxy) is 2. The number of carbonyl (C=O) groups is 5. The van der Waals surface area contributed by atoms with Gasteiger partial charge in [0, 0.05) is 32.2 Å². The van der Waals surface area contributed by atoms with Crippen molar-refractivity contribution < 1.29 is 38.6 Å². The third kappa shape index (κ3) is 9.77. The molecule has 2 aliphatic rings. The molecule has 8 atom stereocenters. The highest BCUT2D eigenvalue weighted by atomic mass is 16.5. The van der Waals surface area contributed by atoms with Crippen LogP contribution in [0.15, 0.2) is 30.3 Å². The Bertz CT molecular complexity index is 1390. The second-order valence-electron chi connectivity index (χ2n) is 15.8. The number of benzene rings is 1. The van der Waals surface area contributed by atoms with Crippen molar-refractivity contribution in [2.75, 3.05) is 27.8 Å². The maximum Gasteiger partial charge on any atom is 0.327 e. The maximum absolute atomic E-state index is 14.2. The van der Waals surface area contributed by atoms with Crippen LogP contribution < -0.4 is 16.4 Å². The Balaban J connectivity index is 1.80. The van der Waals surface area contributed by atoms with Gasteiger partial charge in [0.1, 0.15) is 6.04 Å². The van der Waals surface area contributed by atoms with Gasteiger partial charge in [0.15, 0.2) is 0 Å². The molecular formula is C39H63N5O8. The lowest BCUT2D eigenvalue weighted by molar-refractivity contribution is -0.146. The number of imide groups is 1. The zero-order chi connectivity index (χ0) is 39.1. The number of carbonyl (C=O) groups excluding carboxylic acids is 4. The SMILES string of the molecule is CC[C@H](C)[C@@H]([C@@H](CC(=O)N1CCC[C@H]1[C@H](OC)[C@@H](C)C(=O)N[C@@H](C(=O)O)C1(c2ccccc2)CC1)OC)N(C)[C@H](C(=O)NC(=O)C(C)(C)N)C(C)C. The smallest absolute Gasteiger partial charge is 0.327 e. The van der Waals surface area contributed by atoms with E-state index in [1.54, 1.807) is 18.9 Å². The summed E-state index contributed by atoms with van der Waals surface area (Å²) in [7, 11) is 4.89. The van der Waals surface area contributed by atoms with Gasteiger partial charge in [0.25, 0.3) is 0 Å². The molecular weight excluding hydrogens is 666 g/mol. The molecule has 1 saturated heterocycles. The minimum absolute atomic E-state index is 0.0103. The molecule has 0 spiro atoms. The van der Waals surface area contributed by atoms with Crippen molar-refractivity contribution in [3.8, 4) is 0 Å². The molecule has 3 rings (SSSR count). The molecule has 5 N–H and O–H groups in total. The Morgan fingerprint density at radius 3 is 2.13 bits per heavy atom. The monoisotopic (exact) mass is 729 g/mol. The minimum atomic E-state index is -1.24. The highest BCUT2D eigenvalue weighted by molar-refractivity contribution is 6.01. The van der Waals surface area contributed by atoms with E-state index in [1.165, 1.54) is 21.0 Å². The lowest BCUT2D eigenvalue weighted by Crippen LogP contribution is -2.60. The van der Waals surface area contributed by atoms with Crippen LogP contribution in [0.3, 0.4) is 0 Å². The van der Waals surface area contributed by atoms with Crippen molar-refractivity contribution >= 4 is 29.6 Å². The molecule has 1 saturated carbocycles. The van der Waals surface area contributed by atoms with Crippen LogP contribution in [0.5, 0.6) is 0 Å². The fraction of sp³-hybridized carbons (Fsp3) is 0.718. The van der Waals surface area contributed by atoms with E-state index in [0.29, 0.717) is 32.2 Å². The molecule has 1 heterocycles. The van der Waals surface area contributed by atoms with Gasteiger partial charge in [0.2, 0.25) is 23.6 Å². The molecule has 0 radical (unpaired) electrons. The predicted octanol–water partition coefficient (Wildman–Crippen LogP) is 3.09. The molecule has 292 valence electrons. The minimum Gasteiger partial charge on any atom is -0.480 e. The van der Waals surface area contributed by atoms with Crippen molar-refractivity contribution in [3.63, 3.8) is 0 Å². The molecule has 13 nitrogen and oxygen atoms in total. The van der Waals surface area contributed by atoms with Gasteiger partial charge in [-0.1, -0.05) is 71.4 Å². The molecule has 13 heteroatoms. The number of likely N-dealkylation sites (N-methyl/N-ethyl adjacent to an activating group) is 1. The summed E-state index contributed by atoms with van der Waals surface area (Å²) in [6.45, 7) is 13.2. The number of rotatable bonds is 19. The number of carboxylic acids is 1. The molecule has 2 fully saturated rings. The summed E-state index contributed by atoms with van der Waals surface area (Å²) in [6, 6.07) is 6.83. The van der Waals surface area contributed by atoms with Crippen molar-refractivity contribution in [1.29, 1.82) is 0 Å². The standard InChI is InChI=1S/C39H63N5O8/c1-11-24(4)31(43(8)30(23(2)3)35(47)42-37(50)38(6,7)40)28(51-9)22-29(45)44-21-15-18-27(44)32(52-10)25(5)34(46)41-33(36(48)49)39(19-20-39)26-16-13-12-14-17-26/h12-14,16-17,23-25,27-28,30-33H,11,15,18-22,40H2,1-10H3,(H,41,46)(H,48,49)(H,42,47,50)/t24-,25+,27-,28+,30-,31-,32+,33-/m0/s1. The Morgan fingerprint density at radius 1 is 1.04 bits per heavy atom. The van der Waals surface area contributed by atoms with Gasteiger partial charge in [-0.05, 0) is 64.0 Å². The summed E-state index contributed by atoms with van der Waals surface area (Å²) in [5, 5.41) is 15.5. The number of nitrogens with zero attached hydrogens (tertiary/aromatic N) is 2. The zero-order valence-corrected chi connectivity index (χ0v) is 32.8. The lowest BCUT2D eigenvalue weighted by Gasteiger charge is -2.43. The van der Waals surface area contributed by atoms with E-state index in [0.717, 1.165) is 12.0 Å². The molecule has 0 unspecified atom stereocenters.